The summed E-state index contributed by atoms with van der Waals surface area (Å²) in [6.45, 7) is 28.4. The zero-order valence-corrected chi connectivity index (χ0v) is 51.5. The van der Waals surface area contributed by atoms with Gasteiger partial charge in [0.25, 0.3) is 0 Å². The van der Waals surface area contributed by atoms with Crippen molar-refractivity contribution >= 4 is 34.1 Å². The number of benzene rings is 6. The first kappa shape index (κ1) is 60.6. The molecule has 0 radical (unpaired) electrons. The van der Waals surface area contributed by atoms with E-state index in [2.05, 4.69) is 226 Å². The van der Waals surface area contributed by atoms with Crippen molar-refractivity contribution in [3.05, 3.63) is 167 Å². The summed E-state index contributed by atoms with van der Waals surface area (Å²) in [5, 5.41) is 0. The van der Waals surface area contributed by atoms with E-state index < -0.39 is 0 Å². The molecule has 3 atom stereocenters. The normalized spacial score (nSPS) is 14.4. The van der Waals surface area contributed by atoms with Crippen LogP contribution in [0.2, 0.25) is 0 Å². The Kier molecular flexibility index (Phi) is 22.4. The van der Waals surface area contributed by atoms with Gasteiger partial charge in [-0.3, -0.25) is 0 Å². The van der Waals surface area contributed by atoms with Crippen LogP contribution in [0.25, 0.3) is 11.1 Å². The lowest BCUT2D eigenvalue weighted by Gasteiger charge is -2.35. The Bertz CT molecular complexity index is 2690. The molecule has 0 aliphatic heterocycles. The van der Waals surface area contributed by atoms with Crippen molar-refractivity contribution in [2.24, 2.45) is 0 Å². The second kappa shape index (κ2) is 28.9. The van der Waals surface area contributed by atoms with Crippen LogP contribution in [0.4, 0.5) is 34.1 Å². The average Bonchev–Trinajstić information content (AvgIpc) is 3.76. The van der Waals surface area contributed by atoms with E-state index in [4.69, 9.17) is 0 Å². The highest BCUT2D eigenvalue weighted by Gasteiger charge is 2.43. The third-order valence-corrected chi connectivity index (χ3v) is 19.3. The summed E-state index contributed by atoms with van der Waals surface area (Å²) < 4.78 is 0. The van der Waals surface area contributed by atoms with Crippen molar-refractivity contribution in [3.8, 4) is 11.1 Å². The average molecular weight is 1050 g/mol. The maximum Gasteiger partial charge on any atom is 0.0465 e. The molecule has 7 rings (SSSR count). The predicted octanol–water partition coefficient (Wildman–Crippen LogP) is 24.7. The number of rotatable bonds is 33. The van der Waals surface area contributed by atoms with Crippen LogP contribution in [0.15, 0.2) is 133 Å². The first-order valence-corrected chi connectivity index (χ1v) is 32.2. The van der Waals surface area contributed by atoms with E-state index in [1.165, 1.54) is 194 Å². The molecule has 0 bridgehead atoms. The second-order valence-electron chi connectivity index (χ2n) is 24.9. The Balaban J connectivity index is 1.43. The minimum absolute atomic E-state index is 0.122. The molecule has 0 spiro atoms. The van der Waals surface area contributed by atoms with Crippen molar-refractivity contribution in [2.45, 2.75) is 259 Å². The molecule has 0 saturated heterocycles. The van der Waals surface area contributed by atoms with Crippen LogP contribution in [0.1, 0.15) is 276 Å². The lowest BCUT2D eigenvalue weighted by Crippen LogP contribution is -2.26. The summed E-state index contributed by atoms with van der Waals surface area (Å²) >= 11 is 0. The molecule has 0 N–H and O–H groups in total. The number of fused-ring (bicyclic) bond motifs is 3. The van der Waals surface area contributed by atoms with E-state index in [0.717, 1.165) is 32.1 Å². The molecule has 0 heterocycles. The number of hydrogen-bond acceptors (Lipinski definition) is 2. The first-order chi connectivity index (χ1) is 37.9. The van der Waals surface area contributed by atoms with Gasteiger partial charge in [-0.15, -0.1) is 0 Å². The fraction of sp³-hybridized carbons (Fsp3) is 0.526. The zero-order chi connectivity index (χ0) is 55.7. The number of nitrogens with zero attached hydrogens (tertiary/aromatic N) is 2. The topological polar surface area (TPSA) is 6.48 Å². The summed E-state index contributed by atoms with van der Waals surface area (Å²) in [5.41, 5.74) is 19.3. The van der Waals surface area contributed by atoms with Gasteiger partial charge >= 0.3 is 0 Å². The molecule has 6 aromatic carbocycles. The van der Waals surface area contributed by atoms with Gasteiger partial charge in [-0.05, 0) is 191 Å². The van der Waals surface area contributed by atoms with Gasteiger partial charge < -0.3 is 9.80 Å². The van der Waals surface area contributed by atoms with E-state index in [-0.39, 0.29) is 16.2 Å². The highest BCUT2D eigenvalue weighted by Crippen LogP contribution is 2.57. The molecule has 2 heteroatoms. The number of hydrogen-bond donors (Lipinski definition) is 0. The molecule has 3 unspecified atom stereocenters. The summed E-state index contributed by atoms with van der Waals surface area (Å²) in [7, 11) is 0. The Morgan fingerprint density at radius 2 is 0.679 bits per heavy atom. The van der Waals surface area contributed by atoms with Gasteiger partial charge in [0, 0.05) is 39.5 Å². The Morgan fingerprint density at radius 3 is 1.03 bits per heavy atom. The first-order valence-electron chi connectivity index (χ1n) is 32.2. The van der Waals surface area contributed by atoms with Gasteiger partial charge in [0.1, 0.15) is 0 Å². The largest absolute Gasteiger partial charge is 0.310 e. The fourth-order valence-electron chi connectivity index (χ4n) is 13.7. The van der Waals surface area contributed by atoms with Crippen LogP contribution >= 0.6 is 0 Å². The van der Waals surface area contributed by atoms with Crippen molar-refractivity contribution in [1.29, 1.82) is 0 Å². The van der Waals surface area contributed by atoms with Gasteiger partial charge in [0.15, 0.2) is 0 Å². The van der Waals surface area contributed by atoms with Crippen molar-refractivity contribution < 1.29 is 0 Å². The molecule has 420 valence electrons. The van der Waals surface area contributed by atoms with Gasteiger partial charge in [0.05, 0.1) is 0 Å². The van der Waals surface area contributed by atoms with Crippen molar-refractivity contribution in [3.63, 3.8) is 0 Å². The van der Waals surface area contributed by atoms with Gasteiger partial charge in [0.2, 0.25) is 0 Å². The summed E-state index contributed by atoms with van der Waals surface area (Å²) in [6.07, 6.45) is 28.5. The van der Waals surface area contributed by atoms with Gasteiger partial charge in [-0.25, -0.2) is 0 Å². The van der Waals surface area contributed by atoms with Gasteiger partial charge in [-0.1, -0.05) is 240 Å². The molecule has 1 aliphatic carbocycles. The quantitative estimate of drug-likeness (QED) is 0.0379. The molecular weight excluding hydrogens is 941 g/mol. The standard InChI is InChI=1S/C76H106N2/c1-13-21-23-25-27-29-54-76(55-30-28-26-24-22-14-2)72-56-68(77(64-39-31-60(32-40-64)58(9)18-6)66-43-35-62(36-44-66)74(11,20-8)51-15-3)47-49-70(72)71-50-48-69(57-73(71)76)78(65-41-33-61(34-42-65)59(10)19-7)67-45-37-63(38-46-67)75(12,52-16-4)53-17-5/h31-50,56-59H,13-30,51-55H2,1-12H3. The van der Waals surface area contributed by atoms with Crippen LogP contribution in [0.3, 0.4) is 0 Å². The van der Waals surface area contributed by atoms with Crippen molar-refractivity contribution in [1.82, 2.24) is 0 Å². The minimum atomic E-state index is -0.122. The molecule has 0 aromatic heterocycles. The maximum absolute atomic E-state index is 2.67. The van der Waals surface area contributed by atoms with Crippen LogP contribution in [-0.2, 0) is 16.2 Å². The highest BCUT2D eigenvalue weighted by molar-refractivity contribution is 5.88. The minimum Gasteiger partial charge on any atom is -0.310 e. The van der Waals surface area contributed by atoms with E-state index >= 15 is 0 Å². The Hall–Kier alpha value is -5.08. The number of anilines is 6. The molecular formula is C76H106N2. The third kappa shape index (κ3) is 13.9. The highest BCUT2D eigenvalue weighted by atomic mass is 15.1. The molecule has 78 heavy (non-hydrogen) atoms. The van der Waals surface area contributed by atoms with Crippen LogP contribution < -0.4 is 9.80 Å². The maximum atomic E-state index is 2.67. The van der Waals surface area contributed by atoms with Crippen LogP contribution in [-0.4, -0.2) is 0 Å². The van der Waals surface area contributed by atoms with Crippen LogP contribution in [0.5, 0.6) is 0 Å². The smallest absolute Gasteiger partial charge is 0.0465 e. The lowest BCUT2D eigenvalue weighted by atomic mass is 9.70. The monoisotopic (exact) mass is 1050 g/mol. The predicted molar refractivity (Wildman–Crippen MR) is 345 cm³/mol. The van der Waals surface area contributed by atoms with Gasteiger partial charge in [-0.2, -0.15) is 0 Å². The van der Waals surface area contributed by atoms with E-state index in [1.54, 1.807) is 0 Å². The van der Waals surface area contributed by atoms with Crippen molar-refractivity contribution in [2.75, 3.05) is 9.80 Å². The van der Waals surface area contributed by atoms with E-state index in [0.29, 0.717) is 11.8 Å². The summed E-state index contributed by atoms with van der Waals surface area (Å²) in [5.74, 6) is 1.05. The molecule has 0 fully saturated rings. The van der Waals surface area contributed by atoms with Crippen LogP contribution in [0, 0.1) is 0 Å². The Morgan fingerprint density at radius 1 is 0.359 bits per heavy atom. The summed E-state index contributed by atoms with van der Waals surface area (Å²) in [6, 6.07) is 53.9. The molecule has 6 aromatic rings. The molecule has 1 aliphatic rings. The lowest BCUT2D eigenvalue weighted by molar-refractivity contribution is 0.392. The second-order valence-corrected chi connectivity index (χ2v) is 24.9. The third-order valence-electron chi connectivity index (χ3n) is 19.3. The Labute approximate surface area is 478 Å². The molecule has 0 saturated carbocycles. The zero-order valence-electron chi connectivity index (χ0n) is 51.5. The number of unbranched alkanes of at least 4 members (excludes halogenated alkanes) is 10. The summed E-state index contributed by atoms with van der Waals surface area (Å²) in [4.78, 5) is 5.15. The van der Waals surface area contributed by atoms with E-state index in [1.807, 2.05) is 0 Å². The fourth-order valence-corrected chi connectivity index (χ4v) is 13.7. The molecule has 0 amide bonds. The SMILES string of the molecule is CCCCCCCCC1(CCCCCCCC)c2cc(N(c3ccc(C(C)CC)cc3)c3ccc(C(C)(CC)CCC)cc3)ccc2-c2ccc(N(c3ccc(C(C)CC)cc3)c3ccc(C(C)(CCC)CCC)cc3)cc21. The van der Waals surface area contributed by atoms with E-state index in [9.17, 15) is 0 Å². The molecule has 2 nitrogen and oxygen atoms in total.